The first-order valence-electron chi connectivity index (χ1n) is 4.77. The zero-order valence-corrected chi connectivity index (χ0v) is 10.7. The lowest BCUT2D eigenvalue weighted by atomic mass is 10.3. The van der Waals surface area contributed by atoms with Crippen LogP contribution in [0.25, 0.3) is 0 Å². The minimum atomic E-state index is -0.0121. The standard InChI is InChI=1S/C10H8Cl2N4O2/c1-17-9-14-8(13)15-10(16-9)18-7-3-2-5(11)4-6(7)12/h2-4H,1H3,(H2,13,14,15,16). The summed E-state index contributed by atoms with van der Waals surface area (Å²) in [5.74, 6) is 0.343. The minimum absolute atomic E-state index is 0.0106. The van der Waals surface area contributed by atoms with E-state index in [1.54, 1.807) is 18.2 Å². The monoisotopic (exact) mass is 286 g/mol. The summed E-state index contributed by atoms with van der Waals surface area (Å²) in [4.78, 5) is 11.4. The molecule has 0 amide bonds. The quantitative estimate of drug-likeness (QED) is 0.934. The van der Waals surface area contributed by atoms with Gasteiger partial charge in [-0.1, -0.05) is 23.2 Å². The van der Waals surface area contributed by atoms with Gasteiger partial charge in [0.15, 0.2) is 0 Å². The van der Waals surface area contributed by atoms with Gasteiger partial charge < -0.3 is 15.2 Å². The van der Waals surface area contributed by atoms with E-state index in [0.29, 0.717) is 15.8 Å². The molecule has 94 valence electrons. The largest absolute Gasteiger partial charge is 0.467 e. The van der Waals surface area contributed by atoms with Crippen LogP contribution >= 0.6 is 23.2 Å². The number of hydrogen-bond donors (Lipinski definition) is 1. The Kier molecular flexibility index (Phi) is 3.69. The Morgan fingerprint density at radius 2 is 1.83 bits per heavy atom. The summed E-state index contributed by atoms with van der Waals surface area (Å²) in [6.45, 7) is 0. The highest BCUT2D eigenvalue weighted by Crippen LogP contribution is 2.30. The van der Waals surface area contributed by atoms with Gasteiger partial charge in [0.2, 0.25) is 5.95 Å². The van der Waals surface area contributed by atoms with E-state index in [2.05, 4.69) is 15.0 Å². The van der Waals surface area contributed by atoms with Gasteiger partial charge in [0, 0.05) is 5.02 Å². The molecular weight excluding hydrogens is 279 g/mol. The molecule has 8 heteroatoms. The summed E-state index contributed by atoms with van der Waals surface area (Å²) >= 11 is 11.7. The van der Waals surface area contributed by atoms with Crippen LogP contribution in [0.4, 0.5) is 5.95 Å². The van der Waals surface area contributed by atoms with Gasteiger partial charge in [-0.25, -0.2) is 0 Å². The normalized spacial score (nSPS) is 10.2. The number of aromatic nitrogens is 3. The average molecular weight is 287 g/mol. The van der Waals surface area contributed by atoms with E-state index in [9.17, 15) is 0 Å². The molecule has 0 aliphatic rings. The van der Waals surface area contributed by atoms with Gasteiger partial charge in [0.25, 0.3) is 0 Å². The van der Waals surface area contributed by atoms with E-state index in [1.807, 2.05) is 0 Å². The SMILES string of the molecule is COc1nc(N)nc(Oc2ccc(Cl)cc2Cl)n1. The number of nitrogens with zero attached hydrogens (tertiary/aromatic N) is 3. The van der Waals surface area contributed by atoms with Crippen LogP contribution in [-0.4, -0.2) is 22.1 Å². The maximum atomic E-state index is 5.95. The fraction of sp³-hybridized carbons (Fsp3) is 0.100. The summed E-state index contributed by atoms with van der Waals surface area (Å²) in [6.07, 6.45) is 0. The molecular formula is C10H8Cl2N4O2. The third kappa shape index (κ3) is 2.91. The van der Waals surface area contributed by atoms with Crippen molar-refractivity contribution >= 4 is 29.2 Å². The summed E-state index contributed by atoms with van der Waals surface area (Å²) in [7, 11) is 1.41. The first kappa shape index (κ1) is 12.7. The third-order valence-electron chi connectivity index (χ3n) is 1.89. The van der Waals surface area contributed by atoms with Gasteiger partial charge in [0.1, 0.15) is 5.75 Å². The minimum Gasteiger partial charge on any atom is -0.467 e. The first-order chi connectivity index (χ1) is 8.58. The van der Waals surface area contributed by atoms with Crippen LogP contribution in [0.3, 0.4) is 0 Å². The van der Waals surface area contributed by atoms with Crippen molar-refractivity contribution in [2.24, 2.45) is 0 Å². The second kappa shape index (κ2) is 5.24. The van der Waals surface area contributed by atoms with Crippen molar-refractivity contribution in [3.63, 3.8) is 0 Å². The number of halogens is 2. The summed E-state index contributed by atoms with van der Waals surface area (Å²) in [5, 5.41) is 0.834. The van der Waals surface area contributed by atoms with Crippen molar-refractivity contribution in [3.8, 4) is 17.8 Å². The van der Waals surface area contributed by atoms with E-state index in [4.69, 9.17) is 38.4 Å². The van der Waals surface area contributed by atoms with Gasteiger partial charge in [-0.2, -0.15) is 9.97 Å². The molecule has 0 spiro atoms. The molecule has 2 rings (SSSR count). The van der Waals surface area contributed by atoms with Crippen LogP contribution in [0.5, 0.6) is 17.8 Å². The number of hydrogen-bond acceptors (Lipinski definition) is 6. The van der Waals surface area contributed by atoms with Crippen LogP contribution in [0, 0.1) is 0 Å². The van der Waals surface area contributed by atoms with Crippen molar-refractivity contribution < 1.29 is 9.47 Å². The zero-order valence-electron chi connectivity index (χ0n) is 9.22. The van der Waals surface area contributed by atoms with Gasteiger partial charge in [0.05, 0.1) is 12.1 Å². The molecule has 0 saturated heterocycles. The van der Waals surface area contributed by atoms with Crippen molar-refractivity contribution in [1.82, 2.24) is 15.0 Å². The Morgan fingerprint density at radius 3 is 2.50 bits per heavy atom. The van der Waals surface area contributed by atoms with E-state index >= 15 is 0 Å². The summed E-state index contributed by atoms with van der Waals surface area (Å²) < 4.78 is 10.2. The number of methoxy groups -OCH3 is 1. The second-order valence-corrected chi connectivity index (χ2v) is 3.98. The molecule has 18 heavy (non-hydrogen) atoms. The van der Waals surface area contributed by atoms with Crippen molar-refractivity contribution in [3.05, 3.63) is 28.2 Å². The Morgan fingerprint density at radius 1 is 1.11 bits per heavy atom. The molecule has 0 atom stereocenters. The number of ether oxygens (including phenoxy) is 2. The lowest BCUT2D eigenvalue weighted by molar-refractivity contribution is 0.360. The second-order valence-electron chi connectivity index (χ2n) is 3.14. The number of anilines is 1. The molecule has 0 radical (unpaired) electrons. The Bertz CT molecular complexity index is 580. The van der Waals surface area contributed by atoms with Gasteiger partial charge in [-0.15, -0.1) is 4.98 Å². The van der Waals surface area contributed by atoms with E-state index in [-0.39, 0.29) is 18.0 Å². The molecule has 0 bridgehead atoms. The molecule has 0 unspecified atom stereocenters. The number of nitrogen functional groups attached to an aromatic ring is 1. The van der Waals surface area contributed by atoms with Crippen molar-refractivity contribution in [1.29, 1.82) is 0 Å². The number of nitrogens with two attached hydrogens (primary N) is 1. The maximum Gasteiger partial charge on any atom is 0.330 e. The molecule has 0 aliphatic heterocycles. The first-order valence-corrected chi connectivity index (χ1v) is 5.52. The summed E-state index contributed by atoms with van der Waals surface area (Å²) in [6, 6.07) is 4.81. The van der Waals surface area contributed by atoms with Gasteiger partial charge in [-0.05, 0) is 18.2 Å². The number of benzene rings is 1. The fourth-order valence-corrected chi connectivity index (χ4v) is 1.59. The predicted octanol–water partition coefficient (Wildman–Crippen LogP) is 2.56. The zero-order chi connectivity index (χ0) is 13.1. The molecule has 1 aromatic carbocycles. The highest BCUT2D eigenvalue weighted by atomic mass is 35.5. The van der Waals surface area contributed by atoms with Gasteiger partial charge >= 0.3 is 12.0 Å². The highest BCUT2D eigenvalue weighted by molar-refractivity contribution is 6.35. The lowest BCUT2D eigenvalue weighted by Gasteiger charge is -2.07. The number of rotatable bonds is 3. The van der Waals surface area contributed by atoms with Crippen molar-refractivity contribution in [2.75, 3.05) is 12.8 Å². The topological polar surface area (TPSA) is 83.2 Å². The molecule has 6 nitrogen and oxygen atoms in total. The van der Waals surface area contributed by atoms with E-state index in [0.717, 1.165) is 0 Å². The van der Waals surface area contributed by atoms with Crippen LogP contribution < -0.4 is 15.2 Å². The van der Waals surface area contributed by atoms with Crippen LogP contribution in [0.2, 0.25) is 10.0 Å². The van der Waals surface area contributed by atoms with Gasteiger partial charge in [-0.3, -0.25) is 0 Å². The molecule has 1 aromatic heterocycles. The maximum absolute atomic E-state index is 5.95. The highest BCUT2D eigenvalue weighted by Gasteiger charge is 2.09. The molecule has 0 fully saturated rings. The lowest BCUT2D eigenvalue weighted by Crippen LogP contribution is -2.02. The Balaban J connectivity index is 2.30. The molecule has 0 aliphatic carbocycles. The fourth-order valence-electron chi connectivity index (χ4n) is 1.15. The van der Waals surface area contributed by atoms with Crippen molar-refractivity contribution in [2.45, 2.75) is 0 Å². The molecule has 2 aromatic rings. The Labute approximate surface area is 113 Å². The van der Waals surface area contributed by atoms with E-state index < -0.39 is 0 Å². The predicted molar refractivity (Wildman–Crippen MR) is 67.3 cm³/mol. The average Bonchev–Trinajstić information content (AvgIpc) is 2.32. The smallest absolute Gasteiger partial charge is 0.330 e. The van der Waals surface area contributed by atoms with E-state index in [1.165, 1.54) is 7.11 Å². The molecule has 0 saturated carbocycles. The molecule has 2 N–H and O–H groups in total. The van der Waals surface area contributed by atoms with Crippen LogP contribution in [0.1, 0.15) is 0 Å². The molecule has 1 heterocycles. The third-order valence-corrected chi connectivity index (χ3v) is 2.42. The van der Waals surface area contributed by atoms with Crippen LogP contribution in [0.15, 0.2) is 18.2 Å². The van der Waals surface area contributed by atoms with Crippen LogP contribution in [-0.2, 0) is 0 Å². The summed E-state index contributed by atoms with van der Waals surface area (Å²) in [5.41, 5.74) is 5.47. The Hall–Kier alpha value is -1.79.